The van der Waals surface area contributed by atoms with Crippen molar-refractivity contribution >= 4 is 23.0 Å². The van der Waals surface area contributed by atoms with E-state index in [0.717, 1.165) is 11.4 Å². The Morgan fingerprint density at radius 1 is 0.882 bits per heavy atom. The molecule has 1 aliphatic carbocycles. The molecule has 0 N–H and O–H groups in total. The molecule has 0 atom stereocenters. The second-order valence-electron chi connectivity index (χ2n) is 4.57. The first-order chi connectivity index (χ1) is 8.34. The van der Waals surface area contributed by atoms with E-state index in [-0.39, 0.29) is 0 Å². The summed E-state index contributed by atoms with van der Waals surface area (Å²) in [5.74, 6) is 0. The van der Waals surface area contributed by atoms with Gasteiger partial charge in [0.1, 0.15) is 0 Å². The van der Waals surface area contributed by atoms with Crippen molar-refractivity contribution in [3.8, 4) is 0 Å². The Balaban J connectivity index is 2.03. The average molecular weight is 217 g/mol. The third-order valence-electron chi connectivity index (χ3n) is 3.55. The largest absolute Gasteiger partial charge is 0.247 e. The van der Waals surface area contributed by atoms with Crippen LogP contribution in [0.15, 0.2) is 47.5 Å². The summed E-state index contributed by atoms with van der Waals surface area (Å²) in [5, 5.41) is 0. The molecule has 1 heterocycles. The molecular weight excluding hydrogens is 206 g/mol. The molecule has 0 fully saturated rings. The summed E-state index contributed by atoms with van der Waals surface area (Å²) in [6.07, 6.45) is 2.27. The molecule has 0 bridgehead atoms. The lowest BCUT2D eigenvalue weighted by molar-refractivity contribution is 1.43. The lowest BCUT2D eigenvalue weighted by Crippen LogP contribution is -1.95. The van der Waals surface area contributed by atoms with Gasteiger partial charge < -0.3 is 0 Å². The van der Waals surface area contributed by atoms with E-state index in [1.54, 1.807) is 0 Å². The van der Waals surface area contributed by atoms with Crippen molar-refractivity contribution in [2.45, 2.75) is 6.92 Å². The van der Waals surface area contributed by atoms with Gasteiger partial charge in [0.05, 0.1) is 11.4 Å². The number of benzene rings is 2. The van der Waals surface area contributed by atoms with Crippen molar-refractivity contribution in [2.75, 3.05) is 0 Å². The fourth-order valence-corrected chi connectivity index (χ4v) is 2.68. The van der Waals surface area contributed by atoms with E-state index in [9.17, 15) is 0 Å². The summed E-state index contributed by atoms with van der Waals surface area (Å²) in [7, 11) is 0. The molecule has 17 heavy (non-hydrogen) atoms. The summed E-state index contributed by atoms with van der Waals surface area (Å²) in [5.41, 5.74) is 8.71. The van der Waals surface area contributed by atoms with Gasteiger partial charge in [0.25, 0.3) is 0 Å². The molecule has 1 heteroatoms. The fraction of sp³-hybridized carbons (Fsp3) is 0.0625. The van der Waals surface area contributed by atoms with Crippen LogP contribution in [0.4, 0.5) is 5.69 Å². The van der Waals surface area contributed by atoms with Gasteiger partial charge in [-0.3, -0.25) is 0 Å². The van der Waals surface area contributed by atoms with Crippen molar-refractivity contribution in [3.63, 3.8) is 0 Å². The molecular formula is C16H11N. The fourth-order valence-electron chi connectivity index (χ4n) is 2.68. The molecule has 0 radical (unpaired) electrons. The predicted molar refractivity (Wildman–Crippen MR) is 71.7 cm³/mol. The van der Waals surface area contributed by atoms with Crippen LogP contribution in [0.3, 0.4) is 0 Å². The molecule has 4 rings (SSSR count). The van der Waals surface area contributed by atoms with Crippen molar-refractivity contribution < 1.29 is 0 Å². The molecule has 80 valence electrons. The van der Waals surface area contributed by atoms with Crippen LogP contribution in [0, 0.1) is 6.92 Å². The number of fused-ring (bicyclic) bond motifs is 5. The predicted octanol–water partition coefficient (Wildman–Crippen LogP) is 3.98. The normalized spacial score (nSPS) is 14.9. The molecule has 0 unspecified atom stereocenters. The van der Waals surface area contributed by atoms with Crippen molar-refractivity contribution in [2.24, 2.45) is 4.99 Å². The van der Waals surface area contributed by atoms with E-state index < -0.39 is 0 Å². The van der Waals surface area contributed by atoms with Gasteiger partial charge in [-0.15, -0.1) is 0 Å². The molecule has 1 nitrogen and oxygen atoms in total. The van der Waals surface area contributed by atoms with Crippen molar-refractivity contribution in [1.29, 1.82) is 0 Å². The Bertz CT molecular complexity index is 705. The van der Waals surface area contributed by atoms with E-state index in [1.807, 2.05) is 6.07 Å². The van der Waals surface area contributed by atoms with E-state index >= 15 is 0 Å². The van der Waals surface area contributed by atoms with Crippen LogP contribution < -0.4 is 0 Å². The summed E-state index contributed by atoms with van der Waals surface area (Å²) in [6, 6.07) is 14.8. The van der Waals surface area contributed by atoms with Crippen LogP contribution in [-0.2, 0) is 0 Å². The van der Waals surface area contributed by atoms with Crippen LogP contribution in [0.1, 0.15) is 22.3 Å². The zero-order valence-electron chi connectivity index (χ0n) is 9.57. The lowest BCUT2D eigenvalue weighted by Gasteiger charge is -2.01. The topological polar surface area (TPSA) is 12.4 Å². The van der Waals surface area contributed by atoms with Crippen LogP contribution >= 0.6 is 0 Å². The van der Waals surface area contributed by atoms with Crippen LogP contribution in [0.2, 0.25) is 0 Å². The minimum absolute atomic E-state index is 1.10. The number of allylic oxidation sites excluding steroid dienone is 1. The Labute approximate surface area is 100 Å². The van der Waals surface area contributed by atoms with Gasteiger partial charge in [0, 0.05) is 16.7 Å². The van der Waals surface area contributed by atoms with E-state index in [0.29, 0.717) is 0 Å². The summed E-state index contributed by atoms with van der Waals surface area (Å²) in [4.78, 5) is 4.74. The van der Waals surface area contributed by atoms with Gasteiger partial charge in [-0.1, -0.05) is 36.4 Å². The molecule has 2 aromatic carbocycles. The van der Waals surface area contributed by atoms with Gasteiger partial charge in [0.2, 0.25) is 0 Å². The maximum Gasteiger partial charge on any atom is 0.0794 e. The second-order valence-corrected chi connectivity index (χ2v) is 4.57. The maximum atomic E-state index is 4.74. The first-order valence-corrected chi connectivity index (χ1v) is 5.85. The third kappa shape index (κ3) is 1.06. The van der Waals surface area contributed by atoms with Crippen LogP contribution in [-0.4, -0.2) is 5.71 Å². The number of aryl methyl sites for hydroxylation is 1. The first kappa shape index (κ1) is 8.94. The molecule has 2 aliphatic rings. The van der Waals surface area contributed by atoms with Gasteiger partial charge >= 0.3 is 0 Å². The van der Waals surface area contributed by atoms with E-state index in [1.165, 1.54) is 27.8 Å². The highest BCUT2D eigenvalue weighted by molar-refractivity contribution is 6.43. The van der Waals surface area contributed by atoms with Gasteiger partial charge in [-0.05, 0) is 30.2 Å². The molecule has 0 saturated carbocycles. The highest BCUT2D eigenvalue weighted by atomic mass is 14.8. The number of hydrogen-bond donors (Lipinski definition) is 0. The number of aliphatic imine (C=N–C) groups is 1. The molecule has 0 amide bonds. The van der Waals surface area contributed by atoms with Gasteiger partial charge in [-0.25, -0.2) is 4.99 Å². The van der Waals surface area contributed by atoms with Crippen molar-refractivity contribution in [1.82, 2.24) is 0 Å². The standard InChI is InChI=1S/C16H11N/c1-10-5-4-7-12-13(10)9-14-11-6-2-3-8-15(11)17-16(12)14/h2-9H,1H3. The molecule has 0 saturated heterocycles. The molecule has 1 aliphatic heterocycles. The Morgan fingerprint density at radius 3 is 2.65 bits per heavy atom. The summed E-state index contributed by atoms with van der Waals surface area (Å²) >= 11 is 0. The maximum absolute atomic E-state index is 4.74. The quantitative estimate of drug-likeness (QED) is 0.632. The van der Waals surface area contributed by atoms with Crippen LogP contribution in [0.25, 0.3) is 11.6 Å². The number of nitrogens with zero attached hydrogens (tertiary/aromatic N) is 1. The van der Waals surface area contributed by atoms with Crippen LogP contribution in [0.5, 0.6) is 0 Å². The minimum Gasteiger partial charge on any atom is -0.247 e. The minimum atomic E-state index is 1.10. The third-order valence-corrected chi connectivity index (χ3v) is 3.55. The lowest BCUT2D eigenvalue weighted by atomic mass is 10.0. The monoisotopic (exact) mass is 217 g/mol. The summed E-state index contributed by atoms with van der Waals surface area (Å²) < 4.78 is 0. The van der Waals surface area contributed by atoms with E-state index in [2.05, 4.69) is 49.4 Å². The number of rotatable bonds is 0. The zero-order valence-corrected chi connectivity index (χ0v) is 9.57. The number of hydrogen-bond acceptors (Lipinski definition) is 1. The Morgan fingerprint density at radius 2 is 1.71 bits per heavy atom. The molecule has 0 aromatic heterocycles. The first-order valence-electron chi connectivity index (χ1n) is 5.85. The summed E-state index contributed by atoms with van der Waals surface area (Å²) in [6.45, 7) is 2.16. The Hall–Kier alpha value is -2.15. The molecule has 2 aromatic rings. The zero-order chi connectivity index (χ0) is 11.4. The smallest absolute Gasteiger partial charge is 0.0794 e. The van der Waals surface area contributed by atoms with Gasteiger partial charge in [-0.2, -0.15) is 0 Å². The van der Waals surface area contributed by atoms with Gasteiger partial charge in [0.15, 0.2) is 0 Å². The number of para-hydroxylation sites is 1. The Kier molecular flexibility index (Phi) is 1.55. The molecule has 0 spiro atoms. The second kappa shape index (κ2) is 2.95. The highest BCUT2D eigenvalue weighted by Crippen LogP contribution is 2.43. The van der Waals surface area contributed by atoms with E-state index in [4.69, 9.17) is 4.99 Å². The van der Waals surface area contributed by atoms with Crippen molar-refractivity contribution in [3.05, 3.63) is 64.7 Å². The average Bonchev–Trinajstić information content (AvgIpc) is 2.87. The highest BCUT2D eigenvalue weighted by Gasteiger charge is 2.28. The SMILES string of the molecule is Cc1cccc2c1C=C1C2=Nc2ccccc21.